The van der Waals surface area contributed by atoms with Crippen molar-refractivity contribution >= 4 is 23.2 Å². The molecule has 4 heteroatoms. The van der Waals surface area contributed by atoms with Crippen LogP contribution in [-0.2, 0) is 0 Å². The van der Waals surface area contributed by atoms with Crippen molar-refractivity contribution in [1.82, 2.24) is 5.32 Å². The molecule has 0 aliphatic carbocycles. The molecule has 0 aromatic heterocycles. The molecule has 0 amide bonds. The van der Waals surface area contributed by atoms with Gasteiger partial charge in [-0.25, -0.2) is 0 Å². The molecule has 1 rings (SSSR count). The summed E-state index contributed by atoms with van der Waals surface area (Å²) in [6, 6.07) is 5.55. The first kappa shape index (κ1) is 17.8. The third-order valence-corrected chi connectivity index (χ3v) is 3.97. The van der Waals surface area contributed by atoms with Crippen LogP contribution in [0.15, 0.2) is 18.2 Å². The van der Waals surface area contributed by atoms with Crippen LogP contribution >= 0.6 is 23.2 Å². The van der Waals surface area contributed by atoms with Crippen molar-refractivity contribution in [3.63, 3.8) is 0 Å². The van der Waals surface area contributed by atoms with Crippen LogP contribution in [0.25, 0.3) is 0 Å². The topological polar surface area (TPSA) is 32.3 Å². The maximum atomic E-state index is 10.2. The largest absolute Gasteiger partial charge is 0.387 e. The number of rotatable bonds is 8. The summed E-state index contributed by atoms with van der Waals surface area (Å²) in [6.45, 7) is 7.11. The fraction of sp³-hybridized carbons (Fsp3) is 0.625. The number of nitrogens with one attached hydrogen (secondary N) is 1. The first-order valence-electron chi connectivity index (χ1n) is 7.26. The van der Waals surface area contributed by atoms with Gasteiger partial charge < -0.3 is 10.4 Å². The highest BCUT2D eigenvalue weighted by atomic mass is 35.5. The van der Waals surface area contributed by atoms with Crippen molar-refractivity contribution in [2.75, 3.05) is 6.54 Å². The van der Waals surface area contributed by atoms with Gasteiger partial charge in [0.2, 0.25) is 0 Å². The molecule has 2 atom stereocenters. The number of halogens is 2. The molecule has 0 radical (unpaired) electrons. The minimum Gasteiger partial charge on any atom is -0.387 e. The minimum absolute atomic E-state index is 0.390. The van der Waals surface area contributed by atoms with Gasteiger partial charge in [0.15, 0.2) is 0 Å². The summed E-state index contributed by atoms with van der Waals surface area (Å²) in [4.78, 5) is 0. The fourth-order valence-electron chi connectivity index (χ4n) is 2.13. The number of benzene rings is 1. The second-order valence-electron chi connectivity index (χ2n) is 5.82. The summed E-state index contributed by atoms with van der Waals surface area (Å²) in [5.74, 6) is 0.748. The van der Waals surface area contributed by atoms with Crippen LogP contribution in [0, 0.1) is 5.92 Å². The molecule has 0 heterocycles. The van der Waals surface area contributed by atoms with Gasteiger partial charge in [0.1, 0.15) is 0 Å². The van der Waals surface area contributed by atoms with E-state index in [4.69, 9.17) is 23.2 Å². The molecular weight excluding hydrogens is 293 g/mol. The lowest BCUT2D eigenvalue weighted by Crippen LogP contribution is -2.30. The van der Waals surface area contributed by atoms with Gasteiger partial charge in [0.25, 0.3) is 0 Å². The SMILES string of the molecule is CC(C)CCCC(C)NCC(O)c1cc(Cl)ccc1Cl. The quantitative estimate of drug-likeness (QED) is 0.719. The van der Waals surface area contributed by atoms with Crippen LogP contribution in [0.2, 0.25) is 10.0 Å². The van der Waals surface area contributed by atoms with Crippen LogP contribution in [0.3, 0.4) is 0 Å². The van der Waals surface area contributed by atoms with Crippen molar-refractivity contribution in [2.45, 2.75) is 52.2 Å². The third kappa shape index (κ3) is 6.45. The molecule has 0 saturated heterocycles. The fourth-order valence-corrected chi connectivity index (χ4v) is 2.55. The van der Waals surface area contributed by atoms with Crippen LogP contribution in [0.1, 0.15) is 51.7 Å². The molecule has 2 nitrogen and oxygen atoms in total. The number of hydrogen-bond acceptors (Lipinski definition) is 2. The average molecular weight is 318 g/mol. The Hall–Kier alpha value is -0.280. The van der Waals surface area contributed by atoms with Crippen LogP contribution in [-0.4, -0.2) is 17.7 Å². The Morgan fingerprint density at radius 2 is 1.85 bits per heavy atom. The first-order valence-corrected chi connectivity index (χ1v) is 8.02. The van der Waals surface area contributed by atoms with Crippen LogP contribution < -0.4 is 5.32 Å². The van der Waals surface area contributed by atoms with Crippen molar-refractivity contribution in [3.8, 4) is 0 Å². The molecule has 0 aliphatic heterocycles. The van der Waals surface area contributed by atoms with Crippen LogP contribution in [0.4, 0.5) is 0 Å². The number of aliphatic hydroxyl groups is 1. The van der Waals surface area contributed by atoms with E-state index in [0.717, 1.165) is 12.3 Å². The lowest BCUT2D eigenvalue weighted by atomic mass is 10.0. The normalized spacial score (nSPS) is 14.6. The summed E-state index contributed by atoms with van der Waals surface area (Å²) in [5, 5.41) is 14.7. The molecule has 0 aliphatic rings. The van der Waals surface area contributed by atoms with E-state index in [9.17, 15) is 5.11 Å². The van der Waals surface area contributed by atoms with Crippen LogP contribution in [0.5, 0.6) is 0 Å². The van der Waals surface area contributed by atoms with Gasteiger partial charge in [-0.2, -0.15) is 0 Å². The molecule has 0 fully saturated rings. The highest BCUT2D eigenvalue weighted by Gasteiger charge is 2.13. The standard InChI is InChI=1S/C16H25Cl2NO/c1-11(2)5-4-6-12(3)19-10-16(20)14-9-13(17)7-8-15(14)18/h7-9,11-12,16,19-20H,4-6,10H2,1-3H3. The summed E-state index contributed by atoms with van der Waals surface area (Å²) < 4.78 is 0. The molecule has 2 unspecified atom stereocenters. The smallest absolute Gasteiger partial charge is 0.0929 e. The average Bonchev–Trinajstić information content (AvgIpc) is 2.38. The molecule has 2 N–H and O–H groups in total. The maximum Gasteiger partial charge on any atom is 0.0929 e. The second kappa shape index (κ2) is 8.89. The Morgan fingerprint density at radius 1 is 1.15 bits per heavy atom. The molecule has 0 saturated carbocycles. The van der Waals surface area contributed by atoms with Crippen molar-refractivity contribution in [1.29, 1.82) is 0 Å². The van der Waals surface area contributed by atoms with Crippen molar-refractivity contribution < 1.29 is 5.11 Å². The van der Waals surface area contributed by atoms with Gasteiger partial charge in [-0.1, -0.05) is 49.9 Å². The molecule has 0 bridgehead atoms. The second-order valence-corrected chi connectivity index (χ2v) is 6.66. The summed E-state index contributed by atoms with van der Waals surface area (Å²) in [6.07, 6.45) is 2.94. The van der Waals surface area contributed by atoms with E-state index in [0.29, 0.717) is 28.2 Å². The Morgan fingerprint density at radius 3 is 2.50 bits per heavy atom. The monoisotopic (exact) mass is 317 g/mol. The van der Waals surface area contributed by atoms with E-state index in [2.05, 4.69) is 26.1 Å². The predicted octanol–water partition coefficient (Wildman–Crippen LogP) is 4.83. The van der Waals surface area contributed by atoms with Crippen molar-refractivity contribution in [2.24, 2.45) is 5.92 Å². The summed E-state index contributed by atoms with van der Waals surface area (Å²) in [7, 11) is 0. The Balaban J connectivity index is 2.38. The van der Waals surface area contributed by atoms with E-state index in [1.807, 2.05) is 0 Å². The zero-order chi connectivity index (χ0) is 15.1. The lowest BCUT2D eigenvalue weighted by molar-refractivity contribution is 0.170. The van der Waals surface area contributed by atoms with Gasteiger partial charge >= 0.3 is 0 Å². The molecule has 1 aromatic carbocycles. The van der Waals surface area contributed by atoms with E-state index in [-0.39, 0.29) is 0 Å². The molecule has 20 heavy (non-hydrogen) atoms. The minimum atomic E-state index is -0.631. The molecule has 1 aromatic rings. The van der Waals surface area contributed by atoms with E-state index in [1.165, 1.54) is 12.8 Å². The highest BCUT2D eigenvalue weighted by molar-refractivity contribution is 6.33. The third-order valence-electron chi connectivity index (χ3n) is 3.40. The zero-order valence-electron chi connectivity index (χ0n) is 12.5. The molecule has 114 valence electrons. The Bertz CT molecular complexity index is 409. The Labute approximate surface area is 132 Å². The van der Waals surface area contributed by atoms with Gasteiger partial charge in [-0.15, -0.1) is 0 Å². The van der Waals surface area contributed by atoms with Crippen molar-refractivity contribution in [3.05, 3.63) is 33.8 Å². The van der Waals surface area contributed by atoms with E-state index in [1.54, 1.807) is 18.2 Å². The molecule has 0 spiro atoms. The predicted molar refractivity (Wildman–Crippen MR) is 87.6 cm³/mol. The van der Waals surface area contributed by atoms with Gasteiger partial charge in [-0.05, 0) is 37.5 Å². The summed E-state index contributed by atoms with van der Waals surface area (Å²) in [5.41, 5.74) is 0.682. The highest BCUT2D eigenvalue weighted by Crippen LogP contribution is 2.26. The number of hydrogen-bond donors (Lipinski definition) is 2. The van der Waals surface area contributed by atoms with Gasteiger partial charge in [-0.3, -0.25) is 0 Å². The lowest BCUT2D eigenvalue weighted by Gasteiger charge is -2.18. The first-order chi connectivity index (χ1) is 9.40. The van der Waals surface area contributed by atoms with E-state index < -0.39 is 6.10 Å². The zero-order valence-corrected chi connectivity index (χ0v) is 14.0. The van der Waals surface area contributed by atoms with E-state index >= 15 is 0 Å². The van der Waals surface area contributed by atoms with Gasteiger partial charge in [0.05, 0.1) is 6.10 Å². The molecular formula is C16H25Cl2NO. The van der Waals surface area contributed by atoms with Gasteiger partial charge in [0, 0.05) is 28.2 Å². The number of aliphatic hydroxyl groups excluding tert-OH is 1. The summed E-state index contributed by atoms with van der Waals surface area (Å²) >= 11 is 12.0. The maximum absolute atomic E-state index is 10.2. The Kier molecular flexibility index (Phi) is 7.90.